The molecule has 9 nitrogen and oxygen atoms in total. The second-order valence-corrected chi connectivity index (χ2v) is 10.7. The second-order valence-electron chi connectivity index (χ2n) is 10.7. The van der Waals surface area contributed by atoms with Crippen LogP contribution in [0.4, 0.5) is 5.69 Å². The molecule has 4 rings (SSSR count). The molecule has 1 atom stereocenters. The van der Waals surface area contributed by atoms with E-state index in [4.69, 9.17) is 9.47 Å². The summed E-state index contributed by atoms with van der Waals surface area (Å²) >= 11 is 0. The minimum Gasteiger partial charge on any atom is -0.383 e. The first-order chi connectivity index (χ1) is 20.3. The van der Waals surface area contributed by atoms with E-state index in [1.165, 1.54) is 0 Å². The van der Waals surface area contributed by atoms with Gasteiger partial charge in [0.05, 0.1) is 25.5 Å². The quantitative estimate of drug-likeness (QED) is 0.308. The summed E-state index contributed by atoms with van der Waals surface area (Å²) in [5, 5.41) is 4.47. The van der Waals surface area contributed by atoms with Crippen LogP contribution in [0, 0.1) is 13.8 Å². The van der Waals surface area contributed by atoms with E-state index in [0.29, 0.717) is 39.3 Å². The largest absolute Gasteiger partial charge is 0.383 e. The van der Waals surface area contributed by atoms with E-state index in [1.54, 1.807) is 34.7 Å². The standard InChI is InChI=1S/C33H43N5O4/c1-25-30(26(2)36(4)34-25)15-16-32(39)38(24-28-11-13-29(14-12-28)37-18-21-42-22-19-37)31(23-27-9-7-6-8-10-27)33(40)35(3)17-20-41-5/h6-16,31H,17-24H2,1-5H3/b16-15+/t31-/m0/s1. The molecule has 42 heavy (non-hydrogen) atoms. The molecule has 9 heteroatoms. The number of hydrogen-bond acceptors (Lipinski definition) is 6. The summed E-state index contributed by atoms with van der Waals surface area (Å²) in [4.78, 5) is 33.6. The Morgan fingerprint density at radius 3 is 2.36 bits per heavy atom. The van der Waals surface area contributed by atoms with Gasteiger partial charge in [-0.1, -0.05) is 42.5 Å². The lowest BCUT2D eigenvalue weighted by Crippen LogP contribution is -2.51. The summed E-state index contributed by atoms with van der Waals surface area (Å²) in [7, 11) is 5.26. The number of carbonyl (C=O) groups is 2. The van der Waals surface area contributed by atoms with Crippen molar-refractivity contribution in [1.29, 1.82) is 0 Å². The van der Waals surface area contributed by atoms with Gasteiger partial charge in [-0.2, -0.15) is 5.10 Å². The van der Waals surface area contributed by atoms with Gasteiger partial charge in [0.25, 0.3) is 0 Å². The Bertz CT molecular complexity index is 1350. The minimum absolute atomic E-state index is 0.128. The molecule has 0 N–H and O–H groups in total. The topological polar surface area (TPSA) is 80.1 Å². The van der Waals surface area contributed by atoms with Crippen LogP contribution >= 0.6 is 0 Å². The highest BCUT2D eigenvalue weighted by Crippen LogP contribution is 2.21. The maximum Gasteiger partial charge on any atom is 0.247 e. The van der Waals surface area contributed by atoms with Crippen LogP contribution in [0.5, 0.6) is 0 Å². The molecule has 1 fully saturated rings. The Morgan fingerprint density at radius 1 is 1.05 bits per heavy atom. The molecule has 2 heterocycles. The minimum atomic E-state index is -0.707. The average Bonchev–Trinajstić information content (AvgIpc) is 3.26. The van der Waals surface area contributed by atoms with Gasteiger partial charge in [-0.05, 0) is 43.2 Å². The fraction of sp³-hybridized carbons (Fsp3) is 0.424. The predicted octanol–water partition coefficient (Wildman–Crippen LogP) is 3.63. The number of carbonyl (C=O) groups excluding carboxylic acids is 2. The third kappa shape index (κ3) is 7.86. The molecule has 0 spiro atoms. The van der Waals surface area contributed by atoms with Gasteiger partial charge in [0.1, 0.15) is 6.04 Å². The molecule has 2 aromatic carbocycles. The summed E-state index contributed by atoms with van der Waals surface area (Å²) < 4.78 is 12.5. The highest BCUT2D eigenvalue weighted by Gasteiger charge is 2.31. The highest BCUT2D eigenvalue weighted by atomic mass is 16.5. The third-order valence-electron chi connectivity index (χ3n) is 7.85. The maximum absolute atomic E-state index is 14.0. The van der Waals surface area contributed by atoms with E-state index < -0.39 is 6.04 Å². The average molecular weight is 574 g/mol. The number of aromatic nitrogens is 2. The lowest BCUT2D eigenvalue weighted by Gasteiger charge is -2.33. The number of likely N-dealkylation sites (N-methyl/N-ethyl adjacent to an activating group) is 1. The van der Waals surface area contributed by atoms with E-state index in [0.717, 1.165) is 46.9 Å². The van der Waals surface area contributed by atoms with Gasteiger partial charge in [-0.15, -0.1) is 0 Å². The van der Waals surface area contributed by atoms with Crippen LogP contribution in [-0.4, -0.2) is 91.0 Å². The van der Waals surface area contributed by atoms with Crippen molar-refractivity contribution in [1.82, 2.24) is 19.6 Å². The number of anilines is 1. The number of hydrogen-bond donors (Lipinski definition) is 0. The normalized spacial score (nSPS) is 14.3. The predicted molar refractivity (Wildman–Crippen MR) is 165 cm³/mol. The van der Waals surface area contributed by atoms with Crippen molar-refractivity contribution in [3.8, 4) is 0 Å². The van der Waals surface area contributed by atoms with Crippen molar-refractivity contribution in [2.45, 2.75) is 32.9 Å². The van der Waals surface area contributed by atoms with Crippen LogP contribution in [0.2, 0.25) is 0 Å². The number of benzene rings is 2. The number of methoxy groups -OCH3 is 1. The van der Waals surface area contributed by atoms with Crippen LogP contribution < -0.4 is 4.90 Å². The summed E-state index contributed by atoms with van der Waals surface area (Å²) in [6, 6.07) is 17.4. The molecule has 3 aromatic rings. The fourth-order valence-electron chi connectivity index (χ4n) is 5.21. The molecule has 0 aliphatic carbocycles. The molecule has 1 aliphatic heterocycles. The fourth-order valence-corrected chi connectivity index (χ4v) is 5.21. The van der Waals surface area contributed by atoms with Gasteiger partial charge in [-0.25, -0.2) is 0 Å². The Kier molecular flexibility index (Phi) is 10.9. The van der Waals surface area contributed by atoms with Crippen LogP contribution in [0.25, 0.3) is 6.08 Å². The van der Waals surface area contributed by atoms with Gasteiger partial charge in [0, 0.05) is 76.8 Å². The molecule has 2 amide bonds. The summed E-state index contributed by atoms with van der Waals surface area (Å²) in [6.07, 6.45) is 3.78. The van der Waals surface area contributed by atoms with E-state index in [1.807, 2.05) is 69.4 Å². The number of rotatable bonds is 12. The molecule has 1 aliphatic rings. The van der Waals surface area contributed by atoms with Gasteiger partial charge < -0.3 is 24.2 Å². The van der Waals surface area contributed by atoms with Crippen molar-refractivity contribution < 1.29 is 19.1 Å². The zero-order valence-corrected chi connectivity index (χ0v) is 25.5. The Balaban J connectivity index is 1.68. The zero-order valence-electron chi connectivity index (χ0n) is 25.5. The van der Waals surface area contributed by atoms with Crippen LogP contribution in [0.3, 0.4) is 0 Å². The van der Waals surface area contributed by atoms with Gasteiger partial charge in [0.15, 0.2) is 0 Å². The SMILES string of the molecule is COCCN(C)C(=O)[C@H](Cc1ccccc1)N(Cc1ccc(N2CCOCC2)cc1)C(=O)/C=C/c1c(C)nn(C)c1C. The highest BCUT2D eigenvalue weighted by molar-refractivity contribution is 5.96. The molecular formula is C33H43N5O4. The molecule has 0 unspecified atom stereocenters. The number of morpholine rings is 1. The van der Waals surface area contributed by atoms with E-state index in [9.17, 15) is 9.59 Å². The first kappa shape index (κ1) is 31.0. The Morgan fingerprint density at radius 2 is 1.74 bits per heavy atom. The monoisotopic (exact) mass is 573 g/mol. The summed E-state index contributed by atoms with van der Waals surface area (Å²) in [5.41, 5.74) is 5.79. The third-order valence-corrected chi connectivity index (χ3v) is 7.85. The molecule has 0 radical (unpaired) electrons. The lowest BCUT2D eigenvalue weighted by molar-refractivity contribution is -0.143. The van der Waals surface area contributed by atoms with Crippen molar-refractivity contribution in [2.75, 3.05) is 58.5 Å². The number of nitrogens with zero attached hydrogens (tertiary/aromatic N) is 5. The van der Waals surface area contributed by atoms with Crippen molar-refractivity contribution in [2.24, 2.45) is 7.05 Å². The van der Waals surface area contributed by atoms with E-state index >= 15 is 0 Å². The molecule has 1 saturated heterocycles. The Labute approximate surface area is 249 Å². The van der Waals surface area contributed by atoms with Gasteiger partial charge in [0.2, 0.25) is 11.8 Å². The maximum atomic E-state index is 14.0. The van der Waals surface area contributed by atoms with Crippen molar-refractivity contribution in [3.63, 3.8) is 0 Å². The smallest absolute Gasteiger partial charge is 0.247 e. The molecule has 0 saturated carbocycles. The lowest BCUT2D eigenvalue weighted by atomic mass is 10.0. The molecule has 1 aromatic heterocycles. The van der Waals surface area contributed by atoms with E-state index in [2.05, 4.69) is 22.1 Å². The summed E-state index contributed by atoms with van der Waals surface area (Å²) in [6.45, 7) is 8.17. The van der Waals surface area contributed by atoms with Crippen LogP contribution in [0.1, 0.15) is 28.1 Å². The Hall–Kier alpha value is -3.95. The first-order valence-electron chi connectivity index (χ1n) is 14.5. The van der Waals surface area contributed by atoms with E-state index in [-0.39, 0.29) is 11.8 Å². The van der Waals surface area contributed by atoms with Gasteiger partial charge >= 0.3 is 0 Å². The molecular weight excluding hydrogens is 530 g/mol. The second kappa shape index (κ2) is 14.8. The summed E-state index contributed by atoms with van der Waals surface area (Å²) in [5.74, 6) is -0.360. The number of ether oxygens (including phenoxy) is 2. The number of aryl methyl sites for hydroxylation is 2. The van der Waals surface area contributed by atoms with Gasteiger partial charge in [-0.3, -0.25) is 14.3 Å². The zero-order chi connectivity index (χ0) is 30.1. The molecule has 224 valence electrons. The number of amides is 2. The van der Waals surface area contributed by atoms with Crippen molar-refractivity contribution in [3.05, 3.63) is 88.8 Å². The van der Waals surface area contributed by atoms with Crippen LogP contribution in [0.15, 0.2) is 60.7 Å². The van der Waals surface area contributed by atoms with Crippen molar-refractivity contribution >= 4 is 23.6 Å². The first-order valence-corrected chi connectivity index (χ1v) is 14.5. The molecule has 0 bridgehead atoms. The van der Waals surface area contributed by atoms with Crippen LogP contribution in [-0.2, 0) is 39.1 Å².